The second-order valence-electron chi connectivity index (χ2n) is 3.44. The highest BCUT2D eigenvalue weighted by Crippen LogP contribution is 2.24. The summed E-state index contributed by atoms with van der Waals surface area (Å²) in [5.74, 6) is 1.18. The van der Waals surface area contributed by atoms with Gasteiger partial charge in [-0.05, 0) is 25.3 Å². The van der Waals surface area contributed by atoms with Crippen molar-refractivity contribution >= 4 is 5.91 Å². The molecule has 2 aliphatic heterocycles. The molecule has 0 aliphatic carbocycles. The molecule has 2 saturated heterocycles. The molecule has 2 heterocycles. The molecule has 2 fully saturated rings. The zero-order chi connectivity index (χ0) is 7.68. The third kappa shape index (κ3) is 1.25. The van der Waals surface area contributed by atoms with E-state index in [9.17, 15) is 4.79 Å². The fourth-order valence-electron chi connectivity index (χ4n) is 2.08. The summed E-state index contributed by atoms with van der Waals surface area (Å²) in [5.41, 5.74) is 0. The van der Waals surface area contributed by atoms with Crippen molar-refractivity contribution in [3.05, 3.63) is 0 Å². The lowest BCUT2D eigenvalue weighted by Gasteiger charge is -2.34. The summed E-state index contributed by atoms with van der Waals surface area (Å²) in [6.45, 7) is 2.87. The Morgan fingerprint density at radius 2 is 2.09 bits per heavy atom. The van der Waals surface area contributed by atoms with Crippen molar-refractivity contribution in [1.29, 1.82) is 0 Å². The monoisotopic (exact) mass is 154 g/mol. The van der Waals surface area contributed by atoms with E-state index >= 15 is 0 Å². The van der Waals surface area contributed by atoms with Gasteiger partial charge in [0.1, 0.15) is 0 Å². The molecule has 2 atom stereocenters. The van der Waals surface area contributed by atoms with Crippen LogP contribution in [0.15, 0.2) is 0 Å². The standard InChI is InChI=1S/C8H14N2O/c11-8-7-5-9-3-1-6(7)2-4-10-8/h6-7,9H,1-5H2,(H,10,11)/t6-,7+/m0/s1. The lowest BCUT2D eigenvalue weighted by Crippen LogP contribution is -2.50. The van der Waals surface area contributed by atoms with Crippen LogP contribution in [0.3, 0.4) is 0 Å². The second-order valence-corrected chi connectivity index (χ2v) is 3.44. The Kier molecular flexibility index (Phi) is 1.82. The zero-order valence-corrected chi connectivity index (χ0v) is 6.60. The number of amides is 1. The van der Waals surface area contributed by atoms with Gasteiger partial charge in [0.15, 0.2) is 0 Å². The normalized spacial score (nSPS) is 37.6. The van der Waals surface area contributed by atoms with Crippen LogP contribution < -0.4 is 10.6 Å². The minimum absolute atomic E-state index is 0.258. The van der Waals surface area contributed by atoms with Gasteiger partial charge in [-0.1, -0.05) is 0 Å². The maximum atomic E-state index is 11.3. The molecular weight excluding hydrogens is 140 g/mol. The Balaban J connectivity index is 2.05. The van der Waals surface area contributed by atoms with Crippen molar-refractivity contribution in [1.82, 2.24) is 10.6 Å². The fourth-order valence-corrected chi connectivity index (χ4v) is 2.08. The summed E-state index contributed by atoms with van der Waals surface area (Å²) in [4.78, 5) is 11.3. The zero-order valence-electron chi connectivity index (χ0n) is 6.60. The lowest BCUT2D eigenvalue weighted by molar-refractivity contribution is -0.129. The summed E-state index contributed by atoms with van der Waals surface area (Å²) in [7, 11) is 0. The average molecular weight is 154 g/mol. The Bertz CT molecular complexity index is 167. The highest BCUT2D eigenvalue weighted by atomic mass is 16.2. The first-order valence-corrected chi connectivity index (χ1v) is 4.36. The molecule has 0 aromatic carbocycles. The predicted molar refractivity (Wildman–Crippen MR) is 42.1 cm³/mol. The van der Waals surface area contributed by atoms with Gasteiger partial charge in [0, 0.05) is 13.1 Å². The molecule has 0 aromatic heterocycles. The van der Waals surface area contributed by atoms with E-state index in [1.165, 1.54) is 12.8 Å². The number of hydrogen-bond donors (Lipinski definition) is 2. The maximum Gasteiger partial charge on any atom is 0.224 e. The first-order valence-electron chi connectivity index (χ1n) is 4.36. The van der Waals surface area contributed by atoms with Crippen LogP contribution in [-0.2, 0) is 4.79 Å². The third-order valence-electron chi connectivity index (χ3n) is 2.78. The van der Waals surface area contributed by atoms with Gasteiger partial charge in [-0.2, -0.15) is 0 Å². The smallest absolute Gasteiger partial charge is 0.224 e. The molecule has 3 nitrogen and oxygen atoms in total. The molecule has 3 heteroatoms. The Morgan fingerprint density at radius 3 is 2.91 bits per heavy atom. The number of hydrogen-bond acceptors (Lipinski definition) is 2. The van der Waals surface area contributed by atoms with Gasteiger partial charge in [0.05, 0.1) is 5.92 Å². The molecular formula is C8H14N2O. The van der Waals surface area contributed by atoms with Crippen LogP contribution in [0.1, 0.15) is 12.8 Å². The SMILES string of the molecule is O=C1NCC[C@@H]2CCNC[C@@H]12. The van der Waals surface area contributed by atoms with Gasteiger partial charge in [-0.25, -0.2) is 0 Å². The first kappa shape index (κ1) is 7.10. The van der Waals surface area contributed by atoms with Crippen LogP contribution in [0.4, 0.5) is 0 Å². The molecule has 0 radical (unpaired) electrons. The summed E-state index contributed by atoms with van der Waals surface area (Å²) < 4.78 is 0. The minimum Gasteiger partial charge on any atom is -0.356 e. The van der Waals surface area contributed by atoms with Crippen molar-refractivity contribution in [3.8, 4) is 0 Å². The summed E-state index contributed by atoms with van der Waals surface area (Å²) in [6, 6.07) is 0. The average Bonchev–Trinajstić information content (AvgIpc) is 2.06. The number of nitrogens with one attached hydrogen (secondary N) is 2. The van der Waals surface area contributed by atoms with E-state index in [0.717, 1.165) is 19.6 Å². The van der Waals surface area contributed by atoms with Crippen molar-refractivity contribution in [2.75, 3.05) is 19.6 Å². The number of piperidine rings is 2. The Labute approximate surface area is 66.5 Å². The van der Waals surface area contributed by atoms with Crippen LogP contribution in [-0.4, -0.2) is 25.5 Å². The summed E-state index contributed by atoms with van der Waals surface area (Å²) in [6.07, 6.45) is 2.36. The summed E-state index contributed by atoms with van der Waals surface area (Å²) in [5, 5.41) is 6.16. The number of carbonyl (C=O) groups excluding carboxylic acids is 1. The van der Waals surface area contributed by atoms with Crippen molar-refractivity contribution < 1.29 is 4.79 Å². The fraction of sp³-hybridized carbons (Fsp3) is 0.875. The topological polar surface area (TPSA) is 41.1 Å². The van der Waals surface area contributed by atoms with Crippen molar-refractivity contribution in [3.63, 3.8) is 0 Å². The highest BCUT2D eigenvalue weighted by Gasteiger charge is 2.33. The van der Waals surface area contributed by atoms with Crippen LogP contribution in [0.5, 0.6) is 0 Å². The van der Waals surface area contributed by atoms with Crippen molar-refractivity contribution in [2.24, 2.45) is 11.8 Å². The van der Waals surface area contributed by atoms with E-state index in [1.807, 2.05) is 0 Å². The van der Waals surface area contributed by atoms with Gasteiger partial charge < -0.3 is 10.6 Å². The number of fused-ring (bicyclic) bond motifs is 1. The van der Waals surface area contributed by atoms with Crippen molar-refractivity contribution in [2.45, 2.75) is 12.8 Å². The van der Waals surface area contributed by atoms with Gasteiger partial charge in [0.2, 0.25) is 5.91 Å². The molecule has 1 amide bonds. The highest BCUT2D eigenvalue weighted by molar-refractivity contribution is 5.80. The van der Waals surface area contributed by atoms with E-state index in [-0.39, 0.29) is 11.8 Å². The predicted octanol–water partition coefficient (Wildman–Crippen LogP) is -0.268. The Hall–Kier alpha value is -0.570. The molecule has 0 aromatic rings. The minimum atomic E-state index is 0.258. The molecule has 11 heavy (non-hydrogen) atoms. The number of carbonyl (C=O) groups is 1. The van der Waals surface area contributed by atoms with Crippen LogP contribution in [0.25, 0.3) is 0 Å². The molecule has 2 aliphatic rings. The quantitative estimate of drug-likeness (QED) is 0.504. The summed E-state index contributed by atoms with van der Waals surface area (Å²) >= 11 is 0. The van der Waals surface area contributed by atoms with E-state index in [1.54, 1.807) is 0 Å². The first-order chi connectivity index (χ1) is 5.38. The molecule has 0 spiro atoms. The molecule has 0 bridgehead atoms. The Morgan fingerprint density at radius 1 is 1.27 bits per heavy atom. The molecule has 0 unspecified atom stereocenters. The van der Waals surface area contributed by atoms with Crippen LogP contribution in [0.2, 0.25) is 0 Å². The lowest BCUT2D eigenvalue weighted by atomic mass is 9.81. The van der Waals surface area contributed by atoms with Crippen LogP contribution >= 0.6 is 0 Å². The molecule has 0 saturated carbocycles. The maximum absolute atomic E-state index is 11.3. The third-order valence-corrected chi connectivity index (χ3v) is 2.78. The largest absolute Gasteiger partial charge is 0.356 e. The molecule has 2 N–H and O–H groups in total. The second kappa shape index (κ2) is 2.81. The number of rotatable bonds is 0. The van der Waals surface area contributed by atoms with E-state index in [2.05, 4.69) is 10.6 Å². The van der Waals surface area contributed by atoms with Gasteiger partial charge in [0.25, 0.3) is 0 Å². The van der Waals surface area contributed by atoms with E-state index < -0.39 is 0 Å². The van der Waals surface area contributed by atoms with E-state index in [0.29, 0.717) is 5.92 Å². The van der Waals surface area contributed by atoms with E-state index in [4.69, 9.17) is 0 Å². The van der Waals surface area contributed by atoms with Crippen LogP contribution in [0, 0.1) is 11.8 Å². The van der Waals surface area contributed by atoms with Gasteiger partial charge in [-0.3, -0.25) is 4.79 Å². The molecule has 62 valence electrons. The van der Waals surface area contributed by atoms with Gasteiger partial charge in [-0.15, -0.1) is 0 Å². The van der Waals surface area contributed by atoms with Gasteiger partial charge >= 0.3 is 0 Å². The molecule has 2 rings (SSSR count).